The van der Waals surface area contributed by atoms with Gasteiger partial charge in [-0.25, -0.2) is 0 Å². The van der Waals surface area contributed by atoms with Gasteiger partial charge in [-0.2, -0.15) is 0 Å². The van der Waals surface area contributed by atoms with Crippen molar-refractivity contribution in [2.45, 2.75) is 20.8 Å². The maximum Gasteiger partial charge on any atom is 0.116 e. The zero-order chi connectivity index (χ0) is 9.86. The molecule has 0 aromatic rings. The van der Waals surface area contributed by atoms with E-state index < -0.39 is 12.5 Å². The molecule has 0 N–H and O–H groups in total. The zero-order valence-electron chi connectivity index (χ0n) is 7.80. The van der Waals surface area contributed by atoms with Crippen LogP contribution in [-0.4, -0.2) is 18.8 Å². The molecule has 0 atom stereocenters. The van der Waals surface area contributed by atoms with Crippen LogP contribution in [0.5, 0.6) is 0 Å². The first-order valence-corrected chi connectivity index (χ1v) is 2.22. The summed E-state index contributed by atoms with van der Waals surface area (Å²) < 4.78 is 11.9. The summed E-state index contributed by atoms with van der Waals surface area (Å²) in [6.07, 6.45) is -0.417. The number of hydrogen-bond acceptors (Lipinski definition) is 3. The molecule has 54 valence electrons. The highest BCUT2D eigenvalue weighted by atomic mass is 16.2. The molecular weight excluding hydrogens is 122 g/mol. The second-order valence-corrected chi connectivity index (χ2v) is 0.644. The Kier molecular flexibility index (Phi) is 55.8. The van der Waals surface area contributed by atoms with Crippen molar-refractivity contribution >= 4 is 18.8 Å². The highest BCUT2D eigenvalue weighted by molar-refractivity contribution is 5.44. The van der Waals surface area contributed by atoms with Crippen molar-refractivity contribution < 1.29 is 17.1 Å². The van der Waals surface area contributed by atoms with E-state index >= 15 is 0 Å². The molecule has 0 rings (SSSR count). The molecule has 0 bridgehead atoms. The molecule has 0 aliphatic carbocycles. The van der Waals surface area contributed by atoms with E-state index in [1.807, 2.05) is 0 Å². The Labute approximate surface area is 57.9 Å². The van der Waals surface area contributed by atoms with Crippen LogP contribution in [0, 0.1) is 0 Å². The maximum absolute atomic E-state index is 9.11. The lowest BCUT2D eigenvalue weighted by molar-refractivity contribution is -0.106. The number of carbonyl (C=O) groups is 3. The second-order valence-electron chi connectivity index (χ2n) is 0.644. The molecule has 0 amide bonds. The second kappa shape index (κ2) is 62.7. The van der Waals surface area contributed by atoms with Crippen molar-refractivity contribution in [3.8, 4) is 0 Å². The molecule has 9 heavy (non-hydrogen) atoms. The SMILES string of the molecule is C[13CH]=O.[2H]C(C)=O.[2H][13C](C)=O. The first-order valence-electron chi connectivity index (χ1n) is 3.22. The van der Waals surface area contributed by atoms with Gasteiger partial charge in [0.2, 0.25) is 0 Å². The fourth-order valence-electron chi connectivity index (χ4n) is 0. The summed E-state index contributed by atoms with van der Waals surface area (Å²) in [7, 11) is 0. The van der Waals surface area contributed by atoms with Gasteiger partial charge in [-0.15, -0.1) is 0 Å². The average Bonchev–Trinajstić information content (AvgIpc) is 1.60. The predicted molar refractivity (Wildman–Crippen MR) is 35.2 cm³/mol. The number of rotatable bonds is 0. The van der Waals surface area contributed by atoms with Gasteiger partial charge in [0, 0.05) is 0 Å². The van der Waals surface area contributed by atoms with Crippen LogP contribution >= 0.6 is 0 Å². The van der Waals surface area contributed by atoms with Crippen molar-refractivity contribution in [2.24, 2.45) is 0 Å². The van der Waals surface area contributed by atoms with E-state index in [4.69, 9.17) is 17.1 Å². The van der Waals surface area contributed by atoms with E-state index in [-0.39, 0.29) is 0 Å². The van der Waals surface area contributed by atoms with Crippen LogP contribution in [0.1, 0.15) is 23.5 Å². The van der Waals surface area contributed by atoms with Crippen molar-refractivity contribution in [2.75, 3.05) is 0 Å². The minimum absolute atomic E-state index is 0.583. The van der Waals surface area contributed by atoms with Gasteiger partial charge < -0.3 is 14.4 Å². The average molecular weight is 136 g/mol. The van der Waals surface area contributed by atoms with Gasteiger partial charge in [0.15, 0.2) is 0 Å². The monoisotopic (exact) mass is 136 g/mol. The van der Waals surface area contributed by atoms with Crippen LogP contribution in [-0.2, 0) is 14.4 Å². The lowest BCUT2D eigenvalue weighted by Crippen LogP contribution is -1.36. The van der Waals surface area contributed by atoms with Gasteiger partial charge in [0.05, 0.1) is 0 Å². The fourth-order valence-corrected chi connectivity index (χ4v) is 0. The Morgan fingerprint density at radius 3 is 1.00 bits per heavy atom. The molecule has 0 saturated heterocycles. The molecule has 3 heteroatoms. The van der Waals surface area contributed by atoms with E-state index in [2.05, 4.69) is 0 Å². The summed E-state index contributed by atoms with van der Waals surface area (Å²) >= 11 is 0. The fraction of sp³-hybridized carbons (Fsp3) is 0.500. The molecule has 0 aliphatic rings. The Morgan fingerprint density at radius 1 is 1.00 bits per heavy atom. The lowest BCUT2D eigenvalue weighted by atomic mass is 11.0. The van der Waals surface area contributed by atoms with Crippen molar-refractivity contribution in [1.29, 1.82) is 0 Å². The van der Waals surface area contributed by atoms with Crippen LogP contribution in [0.3, 0.4) is 0 Å². The predicted octanol–water partition coefficient (Wildman–Crippen LogP) is 0.616. The molecule has 3 nitrogen and oxygen atoms in total. The van der Waals surface area contributed by atoms with Crippen LogP contribution in [0.4, 0.5) is 0 Å². The standard InChI is InChI=1S/3C2H4O/c3*1-2-3/h3*2H,1H3/i2+1D;2+1;2D. The highest BCUT2D eigenvalue weighted by Gasteiger charge is 1.25. The molecule has 0 heterocycles. The largest absolute Gasteiger partial charge is 0.304 e. The number of aldehydes is 3. The molecule has 0 aromatic carbocycles. The first kappa shape index (κ1) is 8.01. The summed E-state index contributed by atoms with van der Waals surface area (Å²) in [5.41, 5.74) is 0. The Morgan fingerprint density at radius 2 is 1.00 bits per heavy atom. The quantitative estimate of drug-likeness (QED) is 0.362. The van der Waals surface area contributed by atoms with E-state index in [1.54, 1.807) is 0 Å². The van der Waals surface area contributed by atoms with E-state index in [9.17, 15) is 0 Å². The maximum atomic E-state index is 9.11. The molecule has 0 fully saturated rings. The van der Waals surface area contributed by atoms with E-state index in [1.165, 1.54) is 20.8 Å². The summed E-state index contributed by atoms with van der Waals surface area (Å²) in [6.45, 7) is 3.83. The van der Waals surface area contributed by atoms with Crippen LogP contribution in [0.2, 0.25) is 0 Å². The molecule has 0 saturated carbocycles. The molecule has 0 unspecified atom stereocenters. The summed E-state index contributed by atoms with van der Waals surface area (Å²) in [4.78, 5) is 27.0. The van der Waals surface area contributed by atoms with Gasteiger partial charge in [-0.3, -0.25) is 0 Å². The molecule has 0 aromatic heterocycles. The minimum atomic E-state index is -0.583. The normalized spacial score (nSPS) is 7.44. The molecule has 0 radical (unpaired) electrons. The van der Waals surface area contributed by atoms with Crippen LogP contribution in [0.25, 0.3) is 0 Å². The first-order chi connectivity index (χ1) is 4.88. The third kappa shape index (κ3) is 180. The number of carbonyl (C=O) groups excluding carboxylic acids is 3. The van der Waals surface area contributed by atoms with E-state index in [0.29, 0.717) is 0 Å². The third-order valence-corrected chi connectivity index (χ3v) is 0. The van der Waals surface area contributed by atoms with Gasteiger partial charge >= 0.3 is 0 Å². The smallest absolute Gasteiger partial charge is 0.116 e. The molecular formula is C6H12O3. The highest BCUT2D eigenvalue weighted by Crippen LogP contribution is 1.13. The molecule has 0 spiro atoms. The van der Waals surface area contributed by atoms with Crippen LogP contribution in [0.15, 0.2) is 0 Å². The Balaban J connectivity index is -0.0000000886. The van der Waals surface area contributed by atoms with E-state index in [0.717, 1.165) is 6.29 Å². The summed E-state index contributed by atoms with van der Waals surface area (Å²) in [6, 6.07) is 0. The topological polar surface area (TPSA) is 51.2 Å². The van der Waals surface area contributed by atoms with Gasteiger partial charge in [-0.1, -0.05) is 0 Å². The third-order valence-electron chi connectivity index (χ3n) is 0. The summed E-state index contributed by atoms with van der Waals surface area (Å²) in [5.74, 6) is 0. The van der Waals surface area contributed by atoms with Gasteiger partial charge in [-0.05, 0) is 20.8 Å². The number of hydrogen-bond donors (Lipinski definition) is 0. The Bertz CT molecular complexity index is 103. The lowest BCUT2D eigenvalue weighted by Gasteiger charge is -1.24. The van der Waals surface area contributed by atoms with Gasteiger partial charge in [0.1, 0.15) is 21.6 Å². The van der Waals surface area contributed by atoms with Gasteiger partial charge in [0.25, 0.3) is 0 Å². The minimum Gasteiger partial charge on any atom is -0.304 e. The van der Waals surface area contributed by atoms with Crippen molar-refractivity contribution in [1.82, 2.24) is 0 Å². The molecule has 0 aliphatic heterocycles. The zero-order valence-corrected chi connectivity index (χ0v) is 5.80. The van der Waals surface area contributed by atoms with Crippen molar-refractivity contribution in [3.05, 3.63) is 0 Å². The Hall–Kier alpha value is -0.990. The summed E-state index contributed by atoms with van der Waals surface area (Å²) in [5, 5.41) is 0. The van der Waals surface area contributed by atoms with Crippen molar-refractivity contribution in [3.63, 3.8) is 0 Å². The van der Waals surface area contributed by atoms with Crippen LogP contribution < -0.4 is 0 Å².